The molecule has 0 saturated carbocycles. The second-order valence-electron chi connectivity index (χ2n) is 7.60. The predicted molar refractivity (Wildman–Crippen MR) is 131 cm³/mol. The van der Waals surface area contributed by atoms with Crippen molar-refractivity contribution in [3.63, 3.8) is 0 Å². The van der Waals surface area contributed by atoms with Crippen molar-refractivity contribution in [1.29, 1.82) is 0 Å². The number of ether oxygens (including phenoxy) is 2. The van der Waals surface area contributed by atoms with E-state index < -0.39 is 0 Å². The van der Waals surface area contributed by atoms with Crippen LogP contribution in [-0.2, 0) is 7.05 Å². The number of fused-ring (bicyclic) bond motifs is 2. The molecule has 1 amide bonds. The summed E-state index contributed by atoms with van der Waals surface area (Å²) in [5.41, 5.74) is 4.23. The van der Waals surface area contributed by atoms with Crippen molar-refractivity contribution in [2.75, 3.05) is 14.2 Å². The molecular weight excluding hydrogens is 436 g/mol. The van der Waals surface area contributed by atoms with Gasteiger partial charge in [0.25, 0.3) is 5.91 Å². The fraction of sp³-hybridized carbons (Fsp3) is 0.160. The lowest BCUT2D eigenvalue weighted by Gasteiger charge is -2.07. The molecule has 0 aliphatic heterocycles. The predicted octanol–water partition coefficient (Wildman–Crippen LogP) is 5.32. The molecule has 0 radical (unpaired) electrons. The average molecular weight is 459 g/mol. The first-order chi connectivity index (χ1) is 16.0. The number of nitrogens with one attached hydrogen (secondary N) is 1. The zero-order chi connectivity index (χ0) is 23.1. The summed E-state index contributed by atoms with van der Waals surface area (Å²) in [6.07, 6.45) is 3.44. The average Bonchev–Trinajstić information content (AvgIpc) is 3.39. The van der Waals surface area contributed by atoms with Crippen LogP contribution in [0, 0.1) is 6.92 Å². The Morgan fingerprint density at radius 2 is 1.91 bits per heavy atom. The van der Waals surface area contributed by atoms with Gasteiger partial charge in [-0.2, -0.15) is 0 Å². The molecular formula is C25H22N4O3S. The van der Waals surface area contributed by atoms with Crippen molar-refractivity contribution >= 4 is 38.4 Å². The van der Waals surface area contributed by atoms with E-state index in [2.05, 4.69) is 15.3 Å². The van der Waals surface area contributed by atoms with Gasteiger partial charge in [0.2, 0.25) is 0 Å². The number of thiophene rings is 1. The van der Waals surface area contributed by atoms with Gasteiger partial charge in [-0.3, -0.25) is 14.8 Å². The Kier molecular flexibility index (Phi) is 5.22. The van der Waals surface area contributed by atoms with Crippen LogP contribution < -0.4 is 14.8 Å². The Morgan fingerprint density at radius 3 is 2.64 bits per heavy atom. The molecule has 1 N–H and O–H groups in total. The second kappa shape index (κ2) is 8.22. The molecule has 4 aromatic heterocycles. The highest BCUT2D eigenvalue weighted by molar-refractivity contribution is 7.22. The molecule has 0 fully saturated rings. The van der Waals surface area contributed by atoms with Gasteiger partial charge in [-0.05, 0) is 37.3 Å². The van der Waals surface area contributed by atoms with Crippen LogP contribution in [0.25, 0.3) is 31.7 Å². The van der Waals surface area contributed by atoms with Gasteiger partial charge in [-0.15, -0.1) is 11.3 Å². The molecule has 0 aliphatic rings. The van der Waals surface area contributed by atoms with E-state index in [9.17, 15) is 4.79 Å². The fourth-order valence-corrected chi connectivity index (χ4v) is 4.96. The third kappa shape index (κ3) is 3.58. The quantitative estimate of drug-likeness (QED) is 0.386. The van der Waals surface area contributed by atoms with Gasteiger partial charge < -0.3 is 19.4 Å². The molecule has 166 valence electrons. The van der Waals surface area contributed by atoms with E-state index in [0.717, 1.165) is 43.1 Å². The second-order valence-corrected chi connectivity index (χ2v) is 8.65. The van der Waals surface area contributed by atoms with E-state index >= 15 is 0 Å². The van der Waals surface area contributed by atoms with E-state index in [0.29, 0.717) is 17.1 Å². The first-order valence-electron chi connectivity index (χ1n) is 10.4. The number of hydrogen-bond acceptors (Lipinski definition) is 6. The van der Waals surface area contributed by atoms with Crippen LogP contribution in [0.1, 0.15) is 16.1 Å². The van der Waals surface area contributed by atoms with Crippen LogP contribution in [-0.4, -0.2) is 34.6 Å². The largest absolute Gasteiger partial charge is 0.495 e. The number of aromatic nitrogens is 3. The molecule has 8 heteroatoms. The fourth-order valence-electron chi connectivity index (χ4n) is 3.91. The number of rotatable bonds is 5. The number of hydrogen-bond donors (Lipinski definition) is 1. The van der Waals surface area contributed by atoms with Crippen molar-refractivity contribution in [2.24, 2.45) is 7.05 Å². The molecule has 1 aromatic carbocycles. The number of amides is 1. The topological polar surface area (TPSA) is 78.3 Å². The molecule has 0 spiro atoms. The normalized spacial score (nSPS) is 11.2. The first-order valence-corrected chi connectivity index (χ1v) is 11.2. The summed E-state index contributed by atoms with van der Waals surface area (Å²) < 4.78 is 14.4. The van der Waals surface area contributed by atoms with Gasteiger partial charge in [-0.1, -0.05) is 0 Å². The number of carbonyl (C=O) groups excluding carboxylic acids is 1. The van der Waals surface area contributed by atoms with E-state index in [1.165, 1.54) is 0 Å². The summed E-state index contributed by atoms with van der Waals surface area (Å²) in [5, 5.41) is 3.62. The molecule has 7 nitrogen and oxygen atoms in total. The number of methoxy groups -OCH3 is 1. The first kappa shape index (κ1) is 21.0. The number of nitrogens with zero attached hydrogens (tertiary/aromatic N) is 3. The standard InChI is InChI=1S/C25H22N4O3S/c1-14-23(25(30)26-2)17-7-5-15(11-20(17)29(14)3)32-21-9-10-27-19-12-22(33-24(19)21)18-8-6-16(31-4)13-28-18/h5-13H,1-4H3,(H,26,30). The van der Waals surface area contributed by atoms with Crippen LogP contribution in [0.2, 0.25) is 0 Å². The van der Waals surface area contributed by atoms with E-state index in [1.807, 2.05) is 61.0 Å². The van der Waals surface area contributed by atoms with Gasteiger partial charge in [0.05, 0.1) is 45.2 Å². The Hall–Kier alpha value is -3.91. The monoisotopic (exact) mass is 458 g/mol. The van der Waals surface area contributed by atoms with Crippen molar-refractivity contribution < 1.29 is 14.3 Å². The summed E-state index contributed by atoms with van der Waals surface area (Å²) in [6, 6.07) is 13.5. The highest BCUT2D eigenvalue weighted by Gasteiger charge is 2.18. The molecule has 0 unspecified atom stereocenters. The SMILES string of the molecule is CNC(=O)c1c(C)n(C)c2cc(Oc3ccnc4cc(-c5ccc(OC)cn5)sc34)ccc12. The van der Waals surface area contributed by atoms with Crippen molar-refractivity contribution in [1.82, 2.24) is 19.9 Å². The Labute approximate surface area is 194 Å². The van der Waals surface area contributed by atoms with E-state index in [1.54, 1.807) is 37.9 Å². The highest BCUT2D eigenvalue weighted by Crippen LogP contribution is 2.39. The van der Waals surface area contributed by atoms with Crippen LogP contribution >= 0.6 is 11.3 Å². The number of benzene rings is 1. The van der Waals surface area contributed by atoms with Gasteiger partial charge in [0, 0.05) is 43.5 Å². The minimum atomic E-state index is -0.0964. The van der Waals surface area contributed by atoms with Crippen LogP contribution in [0.3, 0.4) is 0 Å². The van der Waals surface area contributed by atoms with E-state index in [4.69, 9.17) is 9.47 Å². The van der Waals surface area contributed by atoms with Crippen molar-refractivity contribution in [3.05, 3.63) is 66.1 Å². The summed E-state index contributed by atoms with van der Waals surface area (Å²) in [7, 11) is 5.21. The maximum absolute atomic E-state index is 12.4. The number of carbonyl (C=O) groups is 1. The van der Waals surface area contributed by atoms with Gasteiger partial charge in [0.15, 0.2) is 0 Å². The molecule has 33 heavy (non-hydrogen) atoms. The Morgan fingerprint density at radius 1 is 1.09 bits per heavy atom. The van der Waals surface area contributed by atoms with Crippen LogP contribution in [0.4, 0.5) is 0 Å². The molecule has 4 heterocycles. The molecule has 0 saturated heterocycles. The molecule has 5 rings (SSSR count). The van der Waals surface area contributed by atoms with E-state index in [-0.39, 0.29) is 5.91 Å². The maximum atomic E-state index is 12.4. The molecule has 0 aliphatic carbocycles. The summed E-state index contributed by atoms with van der Waals surface area (Å²) in [6.45, 7) is 1.94. The van der Waals surface area contributed by atoms with Gasteiger partial charge in [-0.25, -0.2) is 0 Å². The summed E-state index contributed by atoms with van der Waals surface area (Å²) in [4.78, 5) is 22.4. The van der Waals surface area contributed by atoms with Crippen LogP contribution in [0.15, 0.2) is 54.9 Å². The smallest absolute Gasteiger partial charge is 0.253 e. The zero-order valence-corrected chi connectivity index (χ0v) is 19.5. The number of pyridine rings is 2. The highest BCUT2D eigenvalue weighted by atomic mass is 32.1. The third-order valence-electron chi connectivity index (χ3n) is 5.75. The van der Waals surface area contributed by atoms with Crippen molar-refractivity contribution in [3.8, 4) is 27.8 Å². The lowest BCUT2D eigenvalue weighted by Crippen LogP contribution is -2.18. The van der Waals surface area contributed by atoms with Gasteiger partial charge >= 0.3 is 0 Å². The van der Waals surface area contributed by atoms with Gasteiger partial charge in [0.1, 0.15) is 17.2 Å². The lowest BCUT2D eigenvalue weighted by molar-refractivity contribution is 0.0964. The summed E-state index contributed by atoms with van der Waals surface area (Å²) >= 11 is 1.58. The lowest BCUT2D eigenvalue weighted by atomic mass is 10.1. The molecule has 0 bridgehead atoms. The number of aryl methyl sites for hydroxylation is 1. The zero-order valence-electron chi connectivity index (χ0n) is 18.7. The Bertz CT molecular complexity index is 1500. The van der Waals surface area contributed by atoms with Crippen LogP contribution in [0.5, 0.6) is 17.2 Å². The summed E-state index contributed by atoms with van der Waals surface area (Å²) in [5.74, 6) is 2.03. The maximum Gasteiger partial charge on any atom is 0.253 e. The third-order valence-corrected chi connectivity index (χ3v) is 6.91. The minimum Gasteiger partial charge on any atom is -0.495 e. The molecule has 5 aromatic rings. The van der Waals surface area contributed by atoms with Crippen molar-refractivity contribution in [2.45, 2.75) is 6.92 Å². The minimum absolute atomic E-state index is 0.0964. The molecule has 0 atom stereocenters. The Balaban J connectivity index is 1.53.